The Bertz CT molecular complexity index is 1090. The van der Waals surface area contributed by atoms with Gasteiger partial charge in [-0.2, -0.15) is 0 Å². The third-order valence-electron chi connectivity index (χ3n) is 5.94. The molecule has 0 aromatic heterocycles. The van der Waals surface area contributed by atoms with Crippen LogP contribution >= 0.6 is 11.6 Å². The lowest BCUT2D eigenvalue weighted by Gasteiger charge is -2.26. The quantitative estimate of drug-likeness (QED) is 0.649. The van der Waals surface area contributed by atoms with Gasteiger partial charge in [0.15, 0.2) is 0 Å². The minimum absolute atomic E-state index is 0.0227. The molecule has 35 heavy (non-hydrogen) atoms. The van der Waals surface area contributed by atoms with E-state index in [1.54, 1.807) is 37.3 Å². The van der Waals surface area contributed by atoms with Crippen molar-refractivity contribution in [3.05, 3.63) is 63.9 Å². The van der Waals surface area contributed by atoms with Gasteiger partial charge in [-0.25, -0.2) is 4.39 Å². The number of hydrogen-bond acceptors (Lipinski definition) is 4. The number of ether oxygens (including phenoxy) is 1. The molecule has 0 unspecified atom stereocenters. The molecule has 2 aromatic carbocycles. The second-order valence-electron chi connectivity index (χ2n) is 9.02. The van der Waals surface area contributed by atoms with Crippen LogP contribution in [-0.2, 0) is 4.79 Å². The molecule has 0 aliphatic carbocycles. The van der Waals surface area contributed by atoms with Gasteiger partial charge in [0.05, 0.1) is 18.2 Å². The van der Waals surface area contributed by atoms with Crippen LogP contribution in [0.4, 0.5) is 4.39 Å². The maximum absolute atomic E-state index is 14.1. The molecule has 0 spiro atoms. The molecule has 2 N–H and O–H groups in total. The zero-order valence-corrected chi connectivity index (χ0v) is 21.0. The first-order valence-corrected chi connectivity index (χ1v) is 12.1. The van der Waals surface area contributed by atoms with E-state index in [1.807, 2.05) is 13.8 Å². The van der Waals surface area contributed by atoms with Crippen molar-refractivity contribution in [1.29, 1.82) is 0 Å². The van der Waals surface area contributed by atoms with E-state index in [0.29, 0.717) is 41.3 Å². The van der Waals surface area contributed by atoms with Crippen molar-refractivity contribution in [2.75, 3.05) is 26.2 Å². The lowest BCUT2D eigenvalue weighted by atomic mass is 10.1. The predicted octanol–water partition coefficient (Wildman–Crippen LogP) is 3.97. The Balaban J connectivity index is 1.83. The molecule has 0 saturated heterocycles. The second kappa shape index (κ2) is 12.0. The molecule has 1 heterocycles. The van der Waals surface area contributed by atoms with Gasteiger partial charge < -0.3 is 20.3 Å². The van der Waals surface area contributed by atoms with E-state index in [1.165, 1.54) is 11.0 Å². The molecule has 1 aliphatic rings. The van der Waals surface area contributed by atoms with Gasteiger partial charge in [-0.3, -0.25) is 14.4 Å². The third-order valence-corrected chi connectivity index (χ3v) is 6.17. The normalized spacial score (nSPS) is 18.0. The maximum Gasteiger partial charge on any atom is 0.255 e. The Morgan fingerprint density at radius 2 is 1.94 bits per heavy atom. The number of fused-ring (bicyclic) bond motifs is 1. The molecular weight excluding hydrogens is 473 g/mol. The van der Waals surface area contributed by atoms with Gasteiger partial charge in [0.2, 0.25) is 5.91 Å². The van der Waals surface area contributed by atoms with Gasteiger partial charge in [0.1, 0.15) is 18.2 Å². The minimum atomic E-state index is -0.474. The molecule has 3 amide bonds. The summed E-state index contributed by atoms with van der Waals surface area (Å²) < 4.78 is 20.0. The summed E-state index contributed by atoms with van der Waals surface area (Å²) in [6.45, 7) is 6.11. The van der Waals surface area contributed by atoms with Crippen LogP contribution in [0.15, 0.2) is 36.4 Å². The summed E-state index contributed by atoms with van der Waals surface area (Å²) in [6.07, 6.45) is 1.12. The molecule has 9 heteroatoms. The zero-order chi connectivity index (χ0) is 25.5. The number of hydrogen-bond donors (Lipinski definition) is 2. The molecule has 0 radical (unpaired) electrons. The van der Waals surface area contributed by atoms with Crippen molar-refractivity contribution in [3.8, 4) is 5.75 Å². The zero-order valence-electron chi connectivity index (χ0n) is 20.2. The summed E-state index contributed by atoms with van der Waals surface area (Å²) in [6, 6.07) is 8.75. The summed E-state index contributed by atoms with van der Waals surface area (Å²) >= 11 is 6.10. The predicted molar refractivity (Wildman–Crippen MR) is 132 cm³/mol. The van der Waals surface area contributed by atoms with Crippen LogP contribution in [0.2, 0.25) is 5.02 Å². The average molecular weight is 504 g/mol. The topological polar surface area (TPSA) is 87.7 Å². The first-order valence-electron chi connectivity index (χ1n) is 11.7. The molecule has 0 saturated carbocycles. The first kappa shape index (κ1) is 26.5. The fourth-order valence-electron chi connectivity index (χ4n) is 3.70. The van der Waals surface area contributed by atoms with E-state index >= 15 is 0 Å². The molecule has 7 nitrogen and oxygen atoms in total. The molecule has 188 valence electrons. The summed E-state index contributed by atoms with van der Waals surface area (Å²) in [7, 11) is 0. The Labute approximate surface area is 210 Å². The number of benzene rings is 2. The molecule has 3 rings (SSSR count). The number of rotatable bonds is 2. The fourth-order valence-corrected chi connectivity index (χ4v) is 3.87. The number of nitrogens with zero attached hydrogens (tertiary/aromatic N) is 1. The van der Waals surface area contributed by atoms with Crippen molar-refractivity contribution < 1.29 is 23.5 Å². The molecule has 0 fully saturated rings. The number of carbonyl (C=O) groups excluding carboxylic acids is 3. The average Bonchev–Trinajstić information content (AvgIpc) is 2.82. The number of carbonyl (C=O) groups is 3. The second-order valence-corrected chi connectivity index (χ2v) is 9.46. The minimum Gasteiger partial charge on any atom is -0.491 e. The summed E-state index contributed by atoms with van der Waals surface area (Å²) in [5, 5.41) is 6.20. The lowest BCUT2D eigenvalue weighted by molar-refractivity contribution is -0.123. The standard InChI is InChI=1S/C26H31ClFN3O4/c1-16(2)22-15-35-23-9-8-19(27)13-20(23)25(33)29-10-4-5-11-31(14-24(32)30-22)26(34)18-7-6-17(3)21(28)12-18/h6-9,12-13,16,22H,4-5,10-11,14-15H2,1-3H3,(H,29,33)(H,30,32)/t22-/m0/s1. The van der Waals surface area contributed by atoms with Crippen LogP contribution < -0.4 is 15.4 Å². The van der Waals surface area contributed by atoms with Crippen molar-refractivity contribution >= 4 is 29.3 Å². The molecule has 1 atom stereocenters. The van der Waals surface area contributed by atoms with Crippen molar-refractivity contribution in [1.82, 2.24) is 15.5 Å². The van der Waals surface area contributed by atoms with Gasteiger partial charge in [0.25, 0.3) is 11.8 Å². The largest absolute Gasteiger partial charge is 0.491 e. The van der Waals surface area contributed by atoms with E-state index in [4.69, 9.17) is 16.3 Å². The molecule has 2 aromatic rings. The third kappa shape index (κ3) is 7.18. The van der Waals surface area contributed by atoms with E-state index in [0.717, 1.165) is 0 Å². The number of nitrogens with one attached hydrogen (secondary N) is 2. The number of amides is 3. The first-order chi connectivity index (χ1) is 16.7. The van der Waals surface area contributed by atoms with Crippen molar-refractivity contribution in [2.45, 2.75) is 39.7 Å². The van der Waals surface area contributed by atoms with Crippen LogP contribution in [0.5, 0.6) is 5.75 Å². The van der Waals surface area contributed by atoms with Crippen LogP contribution in [0, 0.1) is 18.7 Å². The monoisotopic (exact) mass is 503 g/mol. The van der Waals surface area contributed by atoms with Crippen LogP contribution in [0.25, 0.3) is 0 Å². The fraction of sp³-hybridized carbons (Fsp3) is 0.423. The number of aryl methyl sites for hydroxylation is 1. The van der Waals surface area contributed by atoms with Crippen LogP contribution in [0.3, 0.4) is 0 Å². The summed E-state index contributed by atoms with van der Waals surface area (Å²) in [4.78, 5) is 40.2. The lowest BCUT2D eigenvalue weighted by Crippen LogP contribution is -2.48. The summed E-state index contributed by atoms with van der Waals surface area (Å²) in [5.41, 5.74) is 0.941. The summed E-state index contributed by atoms with van der Waals surface area (Å²) in [5.74, 6) is -1.15. The van der Waals surface area contributed by atoms with E-state index < -0.39 is 11.7 Å². The van der Waals surface area contributed by atoms with E-state index in [-0.39, 0.29) is 49.0 Å². The maximum atomic E-state index is 14.1. The van der Waals surface area contributed by atoms with Gasteiger partial charge >= 0.3 is 0 Å². The highest BCUT2D eigenvalue weighted by atomic mass is 35.5. The molecule has 1 aliphatic heterocycles. The smallest absolute Gasteiger partial charge is 0.255 e. The van der Waals surface area contributed by atoms with Crippen LogP contribution in [0.1, 0.15) is 53.0 Å². The Morgan fingerprint density at radius 3 is 2.66 bits per heavy atom. The van der Waals surface area contributed by atoms with Gasteiger partial charge in [-0.05, 0) is 61.6 Å². The van der Waals surface area contributed by atoms with Crippen molar-refractivity contribution in [2.24, 2.45) is 5.92 Å². The highest BCUT2D eigenvalue weighted by Gasteiger charge is 2.24. The van der Waals surface area contributed by atoms with Gasteiger partial charge in [-0.1, -0.05) is 31.5 Å². The Hall–Kier alpha value is -3.13. The van der Waals surface area contributed by atoms with E-state index in [2.05, 4.69) is 10.6 Å². The van der Waals surface area contributed by atoms with Crippen LogP contribution in [-0.4, -0.2) is 54.9 Å². The van der Waals surface area contributed by atoms with Gasteiger partial charge in [0, 0.05) is 23.7 Å². The highest BCUT2D eigenvalue weighted by Crippen LogP contribution is 2.24. The molecule has 0 bridgehead atoms. The number of halogens is 2. The van der Waals surface area contributed by atoms with Gasteiger partial charge in [-0.15, -0.1) is 0 Å². The molecular formula is C26H31ClFN3O4. The Kier molecular flexibility index (Phi) is 9.09. The van der Waals surface area contributed by atoms with E-state index in [9.17, 15) is 18.8 Å². The highest BCUT2D eigenvalue weighted by molar-refractivity contribution is 6.31. The van der Waals surface area contributed by atoms with Crippen molar-refractivity contribution in [3.63, 3.8) is 0 Å². The Morgan fingerprint density at radius 1 is 1.17 bits per heavy atom. The SMILES string of the molecule is Cc1ccc(C(=O)N2CCCCNC(=O)c3cc(Cl)ccc3OC[C@@H](C(C)C)NC(=O)C2)cc1F.